The van der Waals surface area contributed by atoms with E-state index in [2.05, 4.69) is 15.3 Å². The van der Waals surface area contributed by atoms with Crippen molar-refractivity contribution < 1.29 is 8.78 Å². The van der Waals surface area contributed by atoms with Crippen LogP contribution in [-0.4, -0.2) is 16.0 Å². The maximum atomic E-state index is 12.5. The van der Waals surface area contributed by atoms with Crippen LogP contribution in [0.2, 0.25) is 5.28 Å². The van der Waals surface area contributed by atoms with Crippen LogP contribution in [0.1, 0.15) is 24.8 Å². The summed E-state index contributed by atoms with van der Waals surface area (Å²) in [6.45, 7) is 0. The van der Waals surface area contributed by atoms with Crippen molar-refractivity contribution >= 4 is 17.4 Å². The molecule has 0 aromatic carbocycles. The Morgan fingerprint density at radius 3 is 2.79 bits per heavy atom. The molecule has 0 saturated heterocycles. The summed E-state index contributed by atoms with van der Waals surface area (Å²) in [6, 6.07) is 0.262. The fourth-order valence-electron chi connectivity index (χ4n) is 1.07. The standard InChI is InChI=1S/C8H8ClF2N3/c9-8-12-3-5(6(10)11)7(14-8)13-4-1-2-4/h3-4,6H,1-2H2,(H,12,13,14). The molecule has 1 aromatic heterocycles. The number of rotatable bonds is 3. The Kier molecular flexibility index (Phi) is 2.50. The number of anilines is 1. The second-order valence-corrected chi connectivity index (χ2v) is 3.50. The van der Waals surface area contributed by atoms with Crippen LogP contribution in [0.3, 0.4) is 0 Å². The molecule has 1 N–H and O–H groups in total. The molecule has 0 atom stereocenters. The Morgan fingerprint density at radius 1 is 1.50 bits per heavy atom. The van der Waals surface area contributed by atoms with Gasteiger partial charge in [-0.1, -0.05) is 0 Å². The molecule has 1 fully saturated rings. The van der Waals surface area contributed by atoms with Gasteiger partial charge in [-0.2, -0.15) is 0 Å². The van der Waals surface area contributed by atoms with Crippen LogP contribution in [-0.2, 0) is 0 Å². The van der Waals surface area contributed by atoms with Crippen LogP contribution in [0.15, 0.2) is 6.20 Å². The largest absolute Gasteiger partial charge is 0.367 e. The first-order chi connectivity index (χ1) is 6.66. The molecule has 1 aliphatic rings. The van der Waals surface area contributed by atoms with Crippen molar-refractivity contribution in [2.45, 2.75) is 25.3 Å². The zero-order chi connectivity index (χ0) is 10.1. The number of nitrogens with one attached hydrogen (secondary N) is 1. The highest BCUT2D eigenvalue weighted by molar-refractivity contribution is 6.28. The van der Waals surface area contributed by atoms with E-state index in [9.17, 15) is 8.78 Å². The van der Waals surface area contributed by atoms with Gasteiger partial charge in [-0.25, -0.2) is 18.7 Å². The zero-order valence-electron chi connectivity index (χ0n) is 7.17. The summed E-state index contributed by atoms with van der Waals surface area (Å²) in [5.41, 5.74) is -0.193. The Labute approximate surface area is 84.5 Å². The van der Waals surface area contributed by atoms with Gasteiger partial charge in [0.1, 0.15) is 5.82 Å². The highest BCUT2D eigenvalue weighted by Gasteiger charge is 2.24. The second-order valence-electron chi connectivity index (χ2n) is 3.16. The van der Waals surface area contributed by atoms with Gasteiger partial charge in [0.05, 0.1) is 5.56 Å². The molecular formula is C8H8ClF2N3. The number of hydrogen-bond donors (Lipinski definition) is 1. The van der Waals surface area contributed by atoms with E-state index in [1.54, 1.807) is 0 Å². The molecule has 0 unspecified atom stereocenters. The lowest BCUT2D eigenvalue weighted by atomic mass is 10.3. The number of hydrogen-bond acceptors (Lipinski definition) is 3. The normalized spacial score (nSPS) is 16.0. The molecule has 1 saturated carbocycles. The number of aromatic nitrogens is 2. The van der Waals surface area contributed by atoms with E-state index >= 15 is 0 Å². The minimum atomic E-state index is -2.58. The van der Waals surface area contributed by atoms with Crippen LogP contribution in [0.5, 0.6) is 0 Å². The molecule has 0 bridgehead atoms. The molecular weight excluding hydrogens is 212 g/mol. The summed E-state index contributed by atoms with van der Waals surface area (Å²) in [4.78, 5) is 7.26. The van der Waals surface area contributed by atoms with E-state index in [-0.39, 0.29) is 22.7 Å². The van der Waals surface area contributed by atoms with Gasteiger partial charge in [-0.15, -0.1) is 0 Å². The predicted molar refractivity (Wildman–Crippen MR) is 48.6 cm³/mol. The number of halogens is 3. The Balaban J connectivity index is 2.27. The van der Waals surface area contributed by atoms with Crippen molar-refractivity contribution in [1.82, 2.24) is 9.97 Å². The predicted octanol–water partition coefficient (Wildman–Crippen LogP) is 2.64. The maximum absolute atomic E-state index is 12.5. The van der Waals surface area contributed by atoms with E-state index in [4.69, 9.17) is 11.6 Å². The van der Waals surface area contributed by atoms with E-state index in [1.807, 2.05) is 0 Å². The van der Waals surface area contributed by atoms with E-state index in [0.29, 0.717) is 0 Å². The highest BCUT2D eigenvalue weighted by atomic mass is 35.5. The van der Waals surface area contributed by atoms with Crippen molar-refractivity contribution in [3.63, 3.8) is 0 Å². The van der Waals surface area contributed by atoms with E-state index in [1.165, 1.54) is 0 Å². The van der Waals surface area contributed by atoms with Gasteiger partial charge in [0.25, 0.3) is 6.43 Å². The minimum Gasteiger partial charge on any atom is -0.367 e. The quantitative estimate of drug-likeness (QED) is 0.795. The SMILES string of the molecule is FC(F)c1cnc(Cl)nc1NC1CC1. The smallest absolute Gasteiger partial charge is 0.268 e. The van der Waals surface area contributed by atoms with Crippen LogP contribution in [0.4, 0.5) is 14.6 Å². The Hall–Kier alpha value is -0.970. The van der Waals surface area contributed by atoms with Gasteiger partial charge in [0.15, 0.2) is 0 Å². The molecule has 3 nitrogen and oxygen atoms in total. The highest BCUT2D eigenvalue weighted by Crippen LogP contribution is 2.30. The summed E-state index contributed by atoms with van der Waals surface area (Å²) in [5.74, 6) is 0.155. The summed E-state index contributed by atoms with van der Waals surface area (Å²) in [7, 11) is 0. The molecule has 0 aliphatic heterocycles. The fourth-order valence-corrected chi connectivity index (χ4v) is 1.20. The van der Waals surface area contributed by atoms with Crippen molar-refractivity contribution in [3.8, 4) is 0 Å². The lowest BCUT2D eigenvalue weighted by Crippen LogP contribution is -2.07. The summed E-state index contributed by atoms with van der Waals surface area (Å²) in [5, 5.41) is 2.87. The molecule has 6 heteroatoms. The van der Waals surface area contributed by atoms with Gasteiger partial charge in [0.2, 0.25) is 5.28 Å². The molecule has 0 spiro atoms. The molecule has 14 heavy (non-hydrogen) atoms. The van der Waals surface area contributed by atoms with Crippen molar-refractivity contribution in [1.29, 1.82) is 0 Å². The third-order valence-electron chi connectivity index (χ3n) is 1.94. The Bertz CT molecular complexity index is 341. The molecule has 1 heterocycles. The summed E-state index contributed by atoms with van der Waals surface area (Å²) in [6.07, 6.45) is 0.466. The van der Waals surface area contributed by atoms with Gasteiger partial charge in [-0.05, 0) is 24.4 Å². The fraction of sp³-hybridized carbons (Fsp3) is 0.500. The first kappa shape index (κ1) is 9.58. The van der Waals surface area contributed by atoms with Crippen molar-refractivity contribution in [2.24, 2.45) is 0 Å². The van der Waals surface area contributed by atoms with Crippen molar-refractivity contribution in [3.05, 3.63) is 17.0 Å². The first-order valence-corrected chi connectivity index (χ1v) is 4.61. The second kappa shape index (κ2) is 3.65. The number of nitrogens with zero attached hydrogens (tertiary/aromatic N) is 2. The molecule has 2 rings (SSSR count). The van der Waals surface area contributed by atoms with Crippen LogP contribution in [0, 0.1) is 0 Å². The lowest BCUT2D eigenvalue weighted by molar-refractivity contribution is 0.151. The Morgan fingerprint density at radius 2 is 2.21 bits per heavy atom. The third-order valence-corrected chi connectivity index (χ3v) is 2.12. The minimum absolute atomic E-state index is 0.0162. The number of alkyl halides is 2. The average molecular weight is 220 g/mol. The third kappa shape index (κ3) is 2.09. The maximum Gasteiger partial charge on any atom is 0.268 e. The first-order valence-electron chi connectivity index (χ1n) is 4.24. The summed E-state index contributed by atoms with van der Waals surface area (Å²) < 4.78 is 24.9. The topological polar surface area (TPSA) is 37.8 Å². The molecule has 1 aromatic rings. The van der Waals surface area contributed by atoms with Crippen LogP contribution < -0.4 is 5.32 Å². The van der Waals surface area contributed by atoms with E-state index < -0.39 is 6.43 Å². The van der Waals surface area contributed by atoms with Crippen molar-refractivity contribution in [2.75, 3.05) is 5.32 Å². The van der Waals surface area contributed by atoms with Gasteiger partial charge >= 0.3 is 0 Å². The zero-order valence-corrected chi connectivity index (χ0v) is 7.93. The average Bonchev–Trinajstić information content (AvgIpc) is 2.87. The molecule has 76 valence electrons. The monoisotopic (exact) mass is 219 g/mol. The summed E-state index contributed by atoms with van der Waals surface area (Å²) >= 11 is 5.52. The van der Waals surface area contributed by atoms with E-state index in [0.717, 1.165) is 19.0 Å². The van der Waals surface area contributed by atoms with Crippen LogP contribution >= 0.6 is 11.6 Å². The van der Waals surface area contributed by atoms with Gasteiger partial charge in [0, 0.05) is 12.2 Å². The molecule has 1 aliphatic carbocycles. The lowest BCUT2D eigenvalue weighted by Gasteiger charge is -2.08. The molecule has 0 radical (unpaired) electrons. The van der Waals surface area contributed by atoms with Crippen LogP contribution in [0.25, 0.3) is 0 Å². The molecule has 0 amide bonds. The van der Waals surface area contributed by atoms with Gasteiger partial charge < -0.3 is 5.32 Å². The van der Waals surface area contributed by atoms with Gasteiger partial charge in [-0.3, -0.25) is 0 Å².